The highest BCUT2D eigenvalue weighted by Crippen LogP contribution is 2.23. The number of aryl methyl sites for hydroxylation is 1. The van der Waals surface area contributed by atoms with Gasteiger partial charge in [-0.25, -0.2) is 4.98 Å². The van der Waals surface area contributed by atoms with Gasteiger partial charge in [-0.05, 0) is 25.7 Å². The second-order valence-corrected chi connectivity index (χ2v) is 6.21. The summed E-state index contributed by atoms with van der Waals surface area (Å²) in [6, 6.07) is 1.78. The summed E-state index contributed by atoms with van der Waals surface area (Å²) in [5.41, 5.74) is 0.688. The van der Waals surface area contributed by atoms with Gasteiger partial charge in [-0.2, -0.15) is 4.52 Å². The highest BCUT2D eigenvalue weighted by molar-refractivity contribution is 7.20. The number of nitrogens with one attached hydrogen (secondary N) is 1. The van der Waals surface area contributed by atoms with Gasteiger partial charge in [0.1, 0.15) is 0 Å². The summed E-state index contributed by atoms with van der Waals surface area (Å²) >= 11 is 1.42. The molecule has 0 amide bonds. The first kappa shape index (κ1) is 14.5. The molecular formula is C14H20N4O2S. The van der Waals surface area contributed by atoms with Crippen LogP contribution < -0.4 is 10.9 Å². The average molecular weight is 308 g/mol. The van der Waals surface area contributed by atoms with Crippen LogP contribution in [0.2, 0.25) is 0 Å². The number of hydrogen-bond donors (Lipinski definition) is 1. The van der Waals surface area contributed by atoms with E-state index in [1.165, 1.54) is 15.9 Å². The van der Waals surface area contributed by atoms with Crippen molar-refractivity contribution in [3.8, 4) is 0 Å². The molecule has 0 bridgehead atoms. The number of nitrogens with zero attached hydrogens (tertiary/aromatic N) is 3. The second-order valence-electron chi connectivity index (χ2n) is 5.25. The van der Waals surface area contributed by atoms with Crippen molar-refractivity contribution in [1.82, 2.24) is 14.6 Å². The molecular weight excluding hydrogens is 288 g/mol. The second kappa shape index (κ2) is 6.11. The lowest BCUT2D eigenvalue weighted by atomic mass is 10.1. The van der Waals surface area contributed by atoms with Gasteiger partial charge in [0, 0.05) is 18.4 Å². The van der Waals surface area contributed by atoms with Crippen molar-refractivity contribution in [3.63, 3.8) is 0 Å². The average Bonchev–Trinajstić information content (AvgIpc) is 3.13. The Bertz CT molecular complexity index is 675. The van der Waals surface area contributed by atoms with Crippen LogP contribution in [0.25, 0.3) is 4.96 Å². The zero-order valence-electron chi connectivity index (χ0n) is 12.3. The summed E-state index contributed by atoms with van der Waals surface area (Å²) in [4.78, 5) is 17.1. The SMILES string of the molecule is CCc1cc(=O)n2nc(NC(CC)C3CCCO3)sc2n1. The van der Waals surface area contributed by atoms with Gasteiger partial charge in [0.2, 0.25) is 10.1 Å². The molecule has 0 saturated carbocycles. The third kappa shape index (κ3) is 2.94. The number of rotatable bonds is 5. The van der Waals surface area contributed by atoms with E-state index >= 15 is 0 Å². The maximum absolute atomic E-state index is 12.0. The predicted octanol–water partition coefficient (Wildman–Crippen LogP) is 2.08. The molecule has 2 aromatic rings. The Morgan fingerprint density at radius 2 is 2.43 bits per heavy atom. The number of hydrogen-bond acceptors (Lipinski definition) is 6. The number of anilines is 1. The van der Waals surface area contributed by atoms with Crippen molar-refractivity contribution in [1.29, 1.82) is 0 Å². The van der Waals surface area contributed by atoms with E-state index in [2.05, 4.69) is 22.3 Å². The topological polar surface area (TPSA) is 68.5 Å². The molecule has 21 heavy (non-hydrogen) atoms. The largest absolute Gasteiger partial charge is 0.376 e. The smallest absolute Gasteiger partial charge is 0.275 e. The molecule has 1 N–H and O–H groups in total. The van der Waals surface area contributed by atoms with E-state index in [0.29, 0.717) is 4.96 Å². The van der Waals surface area contributed by atoms with E-state index < -0.39 is 0 Å². The lowest BCUT2D eigenvalue weighted by Crippen LogP contribution is -2.32. The molecule has 114 valence electrons. The minimum absolute atomic E-state index is 0.119. The molecule has 0 aromatic carbocycles. The molecule has 0 aliphatic carbocycles. The molecule has 3 heterocycles. The van der Waals surface area contributed by atoms with Gasteiger partial charge in [-0.3, -0.25) is 4.79 Å². The Hall–Kier alpha value is -1.47. The maximum atomic E-state index is 12.0. The fourth-order valence-corrected chi connectivity index (χ4v) is 3.52. The van der Waals surface area contributed by atoms with Crippen molar-refractivity contribution in [3.05, 3.63) is 22.1 Å². The molecule has 2 aromatic heterocycles. The van der Waals surface area contributed by atoms with E-state index in [1.54, 1.807) is 6.07 Å². The summed E-state index contributed by atoms with van der Waals surface area (Å²) in [5.74, 6) is 0. The number of ether oxygens (including phenoxy) is 1. The van der Waals surface area contributed by atoms with Crippen LogP contribution >= 0.6 is 11.3 Å². The van der Waals surface area contributed by atoms with Crippen LogP contribution in [-0.2, 0) is 11.2 Å². The van der Waals surface area contributed by atoms with Gasteiger partial charge in [0.15, 0.2) is 0 Å². The summed E-state index contributed by atoms with van der Waals surface area (Å²) in [6.45, 7) is 4.96. The van der Waals surface area contributed by atoms with Crippen LogP contribution in [-0.4, -0.2) is 33.4 Å². The fraction of sp³-hybridized carbons (Fsp3) is 0.643. The highest BCUT2D eigenvalue weighted by Gasteiger charge is 2.25. The first-order chi connectivity index (χ1) is 10.2. The van der Waals surface area contributed by atoms with Gasteiger partial charge in [0.05, 0.1) is 12.1 Å². The zero-order valence-corrected chi connectivity index (χ0v) is 13.2. The molecule has 7 heteroatoms. The van der Waals surface area contributed by atoms with Crippen LogP contribution in [0.4, 0.5) is 5.13 Å². The van der Waals surface area contributed by atoms with Gasteiger partial charge in [-0.15, -0.1) is 5.10 Å². The van der Waals surface area contributed by atoms with Crippen LogP contribution in [0, 0.1) is 0 Å². The predicted molar refractivity (Wildman–Crippen MR) is 83.2 cm³/mol. The van der Waals surface area contributed by atoms with Gasteiger partial charge in [-0.1, -0.05) is 25.2 Å². The van der Waals surface area contributed by atoms with E-state index in [-0.39, 0.29) is 17.7 Å². The highest BCUT2D eigenvalue weighted by atomic mass is 32.1. The standard InChI is InChI=1S/C14H20N4O2S/c1-3-9-8-12(19)18-14(15-9)21-13(17-18)16-10(4-2)11-6-5-7-20-11/h8,10-11H,3-7H2,1-2H3,(H,16,17). The van der Waals surface area contributed by atoms with E-state index in [1.807, 2.05) is 6.92 Å². The van der Waals surface area contributed by atoms with Crippen molar-refractivity contribution in [2.45, 2.75) is 51.7 Å². The molecule has 1 aliphatic rings. The molecule has 3 rings (SSSR count). The normalized spacial score (nSPS) is 20.0. The fourth-order valence-electron chi connectivity index (χ4n) is 2.63. The Balaban J connectivity index is 1.86. The number of aromatic nitrogens is 3. The third-order valence-electron chi connectivity index (χ3n) is 3.82. The van der Waals surface area contributed by atoms with Crippen molar-refractivity contribution in [2.24, 2.45) is 0 Å². The molecule has 0 radical (unpaired) electrons. The van der Waals surface area contributed by atoms with Gasteiger partial charge >= 0.3 is 0 Å². The minimum Gasteiger partial charge on any atom is -0.376 e. The first-order valence-electron chi connectivity index (χ1n) is 7.49. The summed E-state index contributed by atoms with van der Waals surface area (Å²) < 4.78 is 7.11. The summed E-state index contributed by atoms with van der Waals surface area (Å²) in [5, 5.41) is 8.48. The molecule has 1 saturated heterocycles. The van der Waals surface area contributed by atoms with Crippen LogP contribution in [0.15, 0.2) is 10.9 Å². The van der Waals surface area contributed by atoms with Crippen molar-refractivity contribution < 1.29 is 4.74 Å². The quantitative estimate of drug-likeness (QED) is 0.916. The molecule has 1 aliphatic heterocycles. The van der Waals surface area contributed by atoms with Crippen molar-refractivity contribution >= 4 is 21.4 Å². The van der Waals surface area contributed by atoms with Gasteiger partial charge in [0.25, 0.3) is 5.56 Å². The Kier molecular flexibility index (Phi) is 4.21. The monoisotopic (exact) mass is 308 g/mol. The van der Waals surface area contributed by atoms with Crippen LogP contribution in [0.3, 0.4) is 0 Å². The first-order valence-corrected chi connectivity index (χ1v) is 8.30. The molecule has 1 fully saturated rings. The Labute approximate surface area is 127 Å². The van der Waals surface area contributed by atoms with Crippen LogP contribution in [0.5, 0.6) is 0 Å². The van der Waals surface area contributed by atoms with Crippen LogP contribution in [0.1, 0.15) is 38.8 Å². The summed E-state index contributed by atoms with van der Waals surface area (Å²) in [7, 11) is 0. The van der Waals surface area contributed by atoms with E-state index in [4.69, 9.17) is 4.74 Å². The third-order valence-corrected chi connectivity index (χ3v) is 4.66. The van der Waals surface area contributed by atoms with Crippen molar-refractivity contribution in [2.75, 3.05) is 11.9 Å². The Morgan fingerprint density at radius 3 is 3.10 bits per heavy atom. The Morgan fingerprint density at radius 1 is 1.57 bits per heavy atom. The minimum atomic E-state index is -0.119. The van der Waals surface area contributed by atoms with E-state index in [9.17, 15) is 4.79 Å². The lowest BCUT2D eigenvalue weighted by Gasteiger charge is -2.21. The zero-order chi connectivity index (χ0) is 14.8. The molecule has 2 unspecified atom stereocenters. The van der Waals surface area contributed by atoms with E-state index in [0.717, 1.165) is 43.1 Å². The number of fused-ring (bicyclic) bond motifs is 1. The molecule has 2 atom stereocenters. The molecule has 6 nitrogen and oxygen atoms in total. The lowest BCUT2D eigenvalue weighted by molar-refractivity contribution is 0.0943. The molecule has 0 spiro atoms. The van der Waals surface area contributed by atoms with Gasteiger partial charge < -0.3 is 10.1 Å². The maximum Gasteiger partial charge on any atom is 0.275 e. The summed E-state index contributed by atoms with van der Waals surface area (Å²) in [6.07, 6.45) is 4.14.